The van der Waals surface area contributed by atoms with Gasteiger partial charge in [0, 0.05) is 18.2 Å². The van der Waals surface area contributed by atoms with Crippen LogP contribution in [0.2, 0.25) is 0 Å². The number of fused-ring (bicyclic) bond motifs is 1. The SMILES string of the molecule is CC(NC(=O)C1Cc2ccccc2CN1)c1ccc(F)cc1F. The number of carbonyl (C=O) groups is 1. The maximum atomic E-state index is 13.8. The number of rotatable bonds is 3. The summed E-state index contributed by atoms with van der Waals surface area (Å²) in [5.41, 5.74) is 2.61. The van der Waals surface area contributed by atoms with Gasteiger partial charge in [0.2, 0.25) is 5.91 Å². The molecule has 23 heavy (non-hydrogen) atoms. The minimum atomic E-state index is -0.653. The van der Waals surface area contributed by atoms with E-state index in [2.05, 4.69) is 10.6 Å². The summed E-state index contributed by atoms with van der Waals surface area (Å²) in [6.07, 6.45) is 0.598. The second kappa shape index (κ2) is 6.46. The molecule has 0 saturated carbocycles. The highest BCUT2D eigenvalue weighted by atomic mass is 19.1. The molecule has 0 aromatic heterocycles. The first-order valence-corrected chi connectivity index (χ1v) is 7.60. The van der Waals surface area contributed by atoms with Crippen molar-refractivity contribution in [3.8, 4) is 0 Å². The van der Waals surface area contributed by atoms with E-state index >= 15 is 0 Å². The first-order chi connectivity index (χ1) is 11.0. The molecule has 0 fully saturated rings. The molecule has 120 valence electrons. The summed E-state index contributed by atoms with van der Waals surface area (Å²) in [5.74, 6) is -1.47. The number of halogens is 2. The Morgan fingerprint density at radius 2 is 1.96 bits per heavy atom. The number of nitrogens with one attached hydrogen (secondary N) is 2. The average Bonchev–Trinajstić information content (AvgIpc) is 2.54. The standard InChI is InChI=1S/C18H18F2N2O/c1-11(15-7-6-14(19)9-16(15)20)22-18(23)17-8-12-4-2-3-5-13(12)10-21-17/h2-7,9,11,17,21H,8,10H2,1H3,(H,22,23). The van der Waals surface area contributed by atoms with Crippen LogP contribution in [-0.4, -0.2) is 11.9 Å². The number of benzene rings is 2. The summed E-state index contributed by atoms with van der Waals surface area (Å²) in [4.78, 5) is 12.4. The topological polar surface area (TPSA) is 41.1 Å². The summed E-state index contributed by atoms with van der Waals surface area (Å²) in [6, 6.07) is 10.5. The molecular weight excluding hydrogens is 298 g/mol. The quantitative estimate of drug-likeness (QED) is 0.914. The van der Waals surface area contributed by atoms with Crippen LogP contribution in [0, 0.1) is 11.6 Å². The van der Waals surface area contributed by atoms with Gasteiger partial charge in [0.15, 0.2) is 0 Å². The maximum Gasteiger partial charge on any atom is 0.237 e. The van der Waals surface area contributed by atoms with Crippen LogP contribution in [0.1, 0.15) is 29.7 Å². The molecule has 2 N–H and O–H groups in total. The highest BCUT2D eigenvalue weighted by Gasteiger charge is 2.25. The number of hydrogen-bond acceptors (Lipinski definition) is 2. The van der Waals surface area contributed by atoms with Crippen molar-refractivity contribution in [2.24, 2.45) is 0 Å². The van der Waals surface area contributed by atoms with Crippen LogP contribution in [0.25, 0.3) is 0 Å². The molecule has 1 amide bonds. The lowest BCUT2D eigenvalue weighted by molar-refractivity contribution is -0.124. The van der Waals surface area contributed by atoms with E-state index in [0.717, 1.165) is 11.6 Å². The van der Waals surface area contributed by atoms with Gasteiger partial charge in [0.05, 0.1) is 12.1 Å². The van der Waals surface area contributed by atoms with Crippen LogP contribution in [0.4, 0.5) is 8.78 Å². The zero-order valence-electron chi connectivity index (χ0n) is 12.8. The van der Waals surface area contributed by atoms with E-state index in [1.54, 1.807) is 6.92 Å². The fourth-order valence-corrected chi connectivity index (χ4v) is 2.88. The molecule has 3 nitrogen and oxygen atoms in total. The number of amides is 1. The van der Waals surface area contributed by atoms with Gasteiger partial charge < -0.3 is 10.6 Å². The Balaban J connectivity index is 1.68. The monoisotopic (exact) mass is 316 g/mol. The second-order valence-corrected chi connectivity index (χ2v) is 5.80. The lowest BCUT2D eigenvalue weighted by Crippen LogP contribution is -2.48. The highest BCUT2D eigenvalue weighted by Crippen LogP contribution is 2.20. The molecule has 0 aliphatic carbocycles. The molecule has 0 saturated heterocycles. The molecular formula is C18H18F2N2O. The van der Waals surface area contributed by atoms with Crippen molar-refractivity contribution in [3.05, 3.63) is 70.8 Å². The third-order valence-corrected chi connectivity index (χ3v) is 4.19. The summed E-state index contributed by atoms with van der Waals surface area (Å²) in [5, 5.41) is 5.98. The predicted molar refractivity (Wildman–Crippen MR) is 83.7 cm³/mol. The summed E-state index contributed by atoms with van der Waals surface area (Å²) < 4.78 is 26.8. The second-order valence-electron chi connectivity index (χ2n) is 5.80. The molecule has 2 unspecified atom stereocenters. The highest BCUT2D eigenvalue weighted by molar-refractivity contribution is 5.82. The zero-order valence-corrected chi connectivity index (χ0v) is 12.8. The maximum absolute atomic E-state index is 13.8. The van der Waals surface area contributed by atoms with E-state index < -0.39 is 17.7 Å². The van der Waals surface area contributed by atoms with Crippen molar-refractivity contribution < 1.29 is 13.6 Å². The van der Waals surface area contributed by atoms with Crippen molar-refractivity contribution in [1.82, 2.24) is 10.6 Å². The Kier molecular flexibility index (Phi) is 4.39. The van der Waals surface area contributed by atoms with Crippen LogP contribution >= 0.6 is 0 Å². The minimum absolute atomic E-state index is 0.185. The van der Waals surface area contributed by atoms with Crippen molar-refractivity contribution in [2.75, 3.05) is 0 Å². The lowest BCUT2D eigenvalue weighted by Gasteiger charge is -2.27. The van der Waals surface area contributed by atoms with Gasteiger partial charge in [0.1, 0.15) is 11.6 Å². The van der Waals surface area contributed by atoms with Crippen molar-refractivity contribution in [2.45, 2.75) is 32.0 Å². The van der Waals surface area contributed by atoms with Crippen LogP contribution in [0.3, 0.4) is 0 Å². The fraction of sp³-hybridized carbons (Fsp3) is 0.278. The van der Waals surface area contributed by atoms with Crippen LogP contribution in [0.15, 0.2) is 42.5 Å². The van der Waals surface area contributed by atoms with Crippen molar-refractivity contribution in [3.63, 3.8) is 0 Å². The lowest BCUT2D eigenvalue weighted by atomic mass is 9.95. The minimum Gasteiger partial charge on any atom is -0.348 e. The van der Waals surface area contributed by atoms with Gasteiger partial charge in [-0.05, 0) is 30.5 Å². The fourth-order valence-electron chi connectivity index (χ4n) is 2.88. The molecule has 0 radical (unpaired) electrons. The molecule has 1 heterocycles. The van der Waals surface area contributed by atoms with Crippen molar-refractivity contribution >= 4 is 5.91 Å². The molecule has 1 aliphatic rings. The first kappa shape index (κ1) is 15.6. The third kappa shape index (κ3) is 3.40. The summed E-state index contributed by atoms with van der Waals surface area (Å²) >= 11 is 0. The molecule has 0 spiro atoms. The van der Waals surface area contributed by atoms with Crippen LogP contribution in [0.5, 0.6) is 0 Å². The smallest absolute Gasteiger partial charge is 0.237 e. The van der Waals surface area contributed by atoms with Gasteiger partial charge in [-0.3, -0.25) is 4.79 Å². The normalized spacial score (nSPS) is 18.1. The first-order valence-electron chi connectivity index (χ1n) is 7.60. The van der Waals surface area contributed by atoms with Gasteiger partial charge in [0.25, 0.3) is 0 Å². The Bertz CT molecular complexity index is 733. The molecule has 2 aromatic rings. The Labute approximate surface area is 133 Å². The zero-order chi connectivity index (χ0) is 16.4. The molecule has 3 rings (SSSR count). The predicted octanol–water partition coefficient (Wildman–Crippen LogP) is 2.86. The van der Waals surface area contributed by atoms with Crippen LogP contribution < -0.4 is 10.6 Å². The summed E-state index contributed by atoms with van der Waals surface area (Å²) in [7, 11) is 0. The number of carbonyl (C=O) groups excluding carboxylic acids is 1. The molecule has 2 aromatic carbocycles. The van der Waals surface area contributed by atoms with Gasteiger partial charge in [-0.25, -0.2) is 8.78 Å². The van der Waals surface area contributed by atoms with Gasteiger partial charge in [-0.2, -0.15) is 0 Å². The van der Waals surface area contributed by atoms with Gasteiger partial charge in [-0.15, -0.1) is 0 Å². The Hall–Kier alpha value is -2.27. The third-order valence-electron chi connectivity index (χ3n) is 4.19. The molecule has 0 bridgehead atoms. The van der Waals surface area contributed by atoms with E-state index in [-0.39, 0.29) is 17.5 Å². The van der Waals surface area contributed by atoms with E-state index in [4.69, 9.17) is 0 Å². The van der Waals surface area contributed by atoms with E-state index in [1.165, 1.54) is 17.7 Å². The molecule has 5 heteroatoms. The molecule has 2 atom stereocenters. The molecule has 1 aliphatic heterocycles. The average molecular weight is 316 g/mol. The Morgan fingerprint density at radius 1 is 1.22 bits per heavy atom. The van der Waals surface area contributed by atoms with Crippen LogP contribution in [-0.2, 0) is 17.8 Å². The van der Waals surface area contributed by atoms with Gasteiger partial charge >= 0.3 is 0 Å². The van der Waals surface area contributed by atoms with E-state index in [9.17, 15) is 13.6 Å². The van der Waals surface area contributed by atoms with Gasteiger partial charge in [-0.1, -0.05) is 30.3 Å². The van der Waals surface area contributed by atoms with E-state index in [1.807, 2.05) is 24.3 Å². The largest absolute Gasteiger partial charge is 0.348 e. The summed E-state index contributed by atoms with van der Waals surface area (Å²) in [6.45, 7) is 2.32. The number of hydrogen-bond donors (Lipinski definition) is 2. The van der Waals surface area contributed by atoms with E-state index in [0.29, 0.717) is 13.0 Å². The Morgan fingerprint density at radius 3 is 2.70 bits per heavy atom. The van der Waals surface area contributed by atoms with Crippen molar-refractivity contribution in [1.29, 1.82) is 0 Å².